The molecule has 3 nitrogen and oxygen atoms in total. The van der Waals surface area contributed by atoms with Crippen LogP contribution in [-0.2, 0) is 0 Å². The third-order valence-electron chi connectivity index (χ3n) is 4.25. The summed E-state index contributed by atoms with van der Waals surface area (Å²) in [4.78, 5) is 0. The van der Waals surface area contributed by atoms with E-state index < -0.39 is 6.10 Å². The van der Waals surface area contributed by atoms with Crippen LogP contribution in [0.3, 0.4) is 0 Å². The molecular weight excluding hydrogens is 324 g/mol. The van der Waals surface area contributed by atoms with E-state index in [1.165, 1.54) is 0 Å². The fourth-order valence-corrected chi connectivity index (χ4v) is 2.85. The van der Waals surface area contributed by atoms with E-state index >= 15 is 0 Å². The maximum absolute atomic E-state index is 10.8. The third kappa shape index (κ3) is 3.95. The average Bonchev–Trinajstić information content (AvgIpc) is 2.72. The standard InChI is InChI=1S/C23H22O3/c1-25-21-16-20(23(24)18-11-7-4-8-12-18)22(26-2)15-19(21)14-13-17-9-5-3-6-10-17/h3-16,23-24H,1-2H3. The number of benzene rings is 3. The quantitative estimate of drug-likeness (QED) is 0.642. The molecule has 0 saturated heterocycles. The van der Waals surface area contributed by atoms with Crippen molar-refractivity contribution in [3.63, 3.8) is 0 Å². The molecule has 0 saturated carbocycles. The van der Waals surface area contributed by atoms with Crippen molar-refractivity contribution in [2.24, 2.45) is 0 Å². The van der Waals surface area contributed by atoms with Crippen LogP contribution in [0.25, 0.3) is 12.2 Å². The van der Waals surface area contributed by atoms with Gasteiger partial charge in [-0.3, -0.25) is 0 Å². The number of aliphatic hydroxyl groups excluding tert-OH is 1. The molecule has 0 aromatic heterocycles. The summed E-state index contributed by atoms with van der Waals surface area (Å²) in [6.07, 6.45) is 3.21. The molecule has 0 spiro atoms. The van der Waals surface area contributed by atoms with Gasteiger partial charge in [-0.25, -0.2) is 0 Å². The van der Waals surface area contributed by atoms with Crippen molar-refractivity contribution in [1.29, 1.82) is 0 Å². The van der Waals surface area contributed by atoms with Gasteiger partial charge >= 0.3 is 0 Å². The summed E-state index contributed by atoms with van der Waals surface area (Å²) in [7, 11) is 3.23. The Hall–Kier alpha value is -3.04. The summed E-state index contributed by atoms with van der Waals surface area (Å²) in [6, 6.07) is 23.3. The minimum atomic E-state index is -0.785. The molecule has 3 heteroatoms. The van der Waals surface area contributed by atoms with Crippen molar-refractivity contribution in [3.8, 4) is 11.5 Å². The highest BCUT2D eigenvalue weighted by atomic mass is 16.5. The average molecular weight is 346 g/mol. The molecule has 0 radical (unpaired) electrons. The fraction of sp³-hybridized carbons (Fsp3) is 0.130. The molecule has 0 fully saturated rings. The van der Waals surface area contributed by atoms with Gasteiger partial charge < -0.3 is 14.6 Å². The lowest BCUT2D eigenvalue weighted by molar-refractivity contribution is 0.214. The maximum Gasteiger partial charge on any atom is 0.126 e. The van der Waals surface area contributed by atoms with Crippen molar-refractivity contribution in [2.75, 3.05) is 14.2 Å². The first-order chi connectivity index (χ1) is 12.7. The monoisotopic (exact) mass is 346 g/mol. The smallest absolute Gasteiger partial charge is 0.126 e. The topological polar surface area (TPSA) is 38.7 Å². The van der Waals surface area contributed by atoms with Crippen molar-refractivity contribution < 1.29 is 14.6 Å². The first kappa shape index (κ1) is 17.8. The van der Waals surface area contributed by atoms with Crippen LogP contribution in [0.4, 0.5) is 0 Å². The number of ether oxygens (including phenoxy) is 2. The molecule has 0 bridgehead atoms. The van der Waals surface area contributed by atoms with Crippen molar-refractivity contribution in [3.05, 3.63) is 95.1 Å². The second kappa shape index (κ2) is 8.37. The summed E-state index contributed by atoms with van der Waals surface area (Å²) in [5, 5.41) is 10.8. The zero-order chi connectivity index (χ0) is 18.4. The number of rotatable bonds is 6. The highest BCUT2D eigenvalue weighted by molar-refractivity contribution is 5.74. The van der Waals surface area contributed by atoms with Crippen LogP contribution in [0.2, 0.25) is 0 Å². The summed E-state index contributed by atoms with van der Waals surface area (Å²) in [6.45, 7) is 0. The van der Waals surface area contributed by atoms with Crippen LogP contribution in [0.15, 0.2) is 72.8 Å². The molecule has 0 aliphatic heterocycles. The molecule has 3 aromatic carbocycles. The van der Waals surface area contributed by atoms with E-state index in [1.54, 1.807) is 14.2 Å². The Kier molecular flexibility index (Phi) is 5.72. The molecule has 0 aliphatic carbocycles. The SMILES string of the molecule is COc1cc(C(O)c2ccccc2)c(OC)cc1C=Cc1ccccc1. The molecule has 1 unspecified atom stereocenters. The first-order valence-electron chi connectivity index (χ1n) is 8.45. The lowest BCUT2D eigenvalue weighted by atomic mass is 9.98. The van der Waals surface area contributed by atoms with Gasteiger partial charge in [0.15, 0.2) is 0 Å². The summed E-state index contributed by atoms with van der Waals surface area (Å²) >= 11 is 0. The van der Waals surface area contributed by atoms with E-state index in [0.29, 0.717) is 17.1 Å². The molecule has 1 N–H and O–H groups in total. The summed E-state index contributed by atoms with van der Waals surface area (Å²) in [5.41, 5.74) is 3.46. The largest absolute Gasteiger partial charge is 0.496 e. The van der Waals surface area contributed by atoms with Crippen molar-refractivity contribution >= 4 is 12.2 Å². The Morgan fingerprint density at radius 1 is 0.769 bits per heavy atom. The third-order valence-corrected chi connectivity index (χ3v) is 4.25. The lowest BCUT2D eigenvalue weighted by Crippen LogP contribution is -2.04. The molecular formula is C23H22O3. The second-order valence-electron chi connectivity index (χ2n) is 5.89. The summed E-state index contributed by atoms with van der Waals surface area (Å²) in [5.74, 6) is 1.30. The Balaban J connectivity index is 1.99. The number of hydrogen-bond acceptors (Lipinski definition) is 3. The zero-order valence-electron chi connectivity index (χ0n) is 14.9. The van der Waals surface area contributed by atoms with Crippen LogP contribution in [0, 0.1) is 0 Å². The molecule has 3 rings (SSSR count). The lowest BCUT2D eigenvalue weighted by Gasteiger charge is -2.18. The van der Waals surface area contributed by atoms with Gasteiger partial charge in [-0.2, -0.15) is 0 Å². The molecule has 26 heavy (non-hydrogen) atoms. The Bertz CT molecular complexity index is 871. The molecule has 1 atom stereocenters. The van der Waals surface area contributed by atoms with E-state index in [2.05, 4.69) is 0 Å². The van der Waals surface area contributed by atoms with E-state index in [1.807, 2.05) is 84.9 Å². The van der Waals surface area contributed by atoms with Crippen molar-refractivity contribution in [1.82, 2.24) is 0 Å². The predicted molar refractivity (Wildman–Crippen MR) is 105 cm³/mol. The van der Waals surface area contributed by atoms with Gasteiger partial charge in [-0.15, -0.1) is 0 Å². The Labute approximate surface area is 154 Å². The van der Waals surface area contributed by atoms with E-state index in [4.69, 9.17) is 9.47 Å². The fourth-order valence-electron chi connectivity index (χ4n) is 2.85. The van der Waals surface area contributed by atoms with Gasteiger partial charge in [0.25, 0.3) is 0 Å². The predicted octanol–water partition coefficient (Wildman–Crippen LogP) is 4.96. The highest BCUT2D eigenvalue weighted by Gasteiger charge is 2.18. The van der Waals surface area contributed by atoms with Gasteiger partial charge in [0.2, 0.25) is 0 Å². The molecule has 0 amide bonds. The molecule has 0 aliphatic rings. The second-order valence-corrected chi connectivity index (χ2v) is 5.89. The van der Waals surface area contributed by atoms with E-state index in [0.717, 1.165) is 16.7 Å². The number of methoxy groups -OCH3 is 2. The van der Waals surface area contributed by atoms with Gasteiger partial charge in [0, 0.05) is 11.1 Å². The molecule has 0 heterocycles. The van der Waals surface area contributed by atoms with Gasteiger partial charge in [-0.05, 0) is 23.3 Å². The number of hydrogen-bond donors (Lipinski definition) is 1. The van der Waals surface area contributed by atoms with E-state index in [-0.39, 0.29) is 0 Å². The van der Waals surface area contributed by atoms with Crippen LogP contribution in [0.5, 0.6) is 11.5 Å². The minimum Gasteiger partial charge on any atom is -0.496 e. The maximum atomic E-state index is 10.8. The Morgan fingerprint density at radius 3 is 2.00 bits per heavy atom. The Morgan fingerprint density at radius 2 is 1.38 bits per heavy atom. The highest BCUT2D eigenvalue weighted by Crippen LogP contribution is 2.36. The summed E-state index contributed by atoms with van der Waals surface area (Å²) < 4.78 is 11.1. The van der Waals surface area contributed by atoms with Gasteiger partial charge in [0.1, 0.15) is 17.6 Å². The first-order valence-corrected chi connectivity index (χ1v) is 8.45. The van der Waals surface area contributed by atoms with Crippen LogP contribution in [0.1, 0.15) is 28.4 Å². The molecule has 3 aromatic rings. The van der Waals surface area contributed by atoms with Gasteiger partial charge in [-0.1, -0.05) is 72.8 Å². The van der Waals surface area contributed by atoms with Crippen molar-refractivity contribution in [2.45, 2.75) is 6.10 Å². The zero-order valence-corrected chi connectivity index (χ0v) is 14.9. The van der Waals surface area contributed by atoms with Gasteiger partial charge in [0.05, 0.1) is 14.2 Å². The van der Waals surface area contributed by atoms with Crippen LogP contribution >= 0.6 is 0 Å². The van der Waals surface area contributed by atoms with E-state index in [9.17, 15) is 5.11 Å². The molecule has 132 valence electrons. The van der Waals surface area contributed by atoms with Crippen LogP contribution < -0.4 is 9.47 Å². The van der Waals surface area contributed by atoms with Crippen LogP contribution in [-0.4, -0.2) is 19.3 Å². The number of aliphatic hydroxyl groups is 1. The normalized spacial score (nSPS) is 12.1. The minimum absolute atomic E-state index is 0.620.